The fourth-order valence-corrected chi connectivity index (χ4v) is 4.58. The zero-order chi connectivity index (χ0) is 22.4. The number of carbonyl (C=O) groups is 1. The number of benzene rings is 3. The van der Waals surface area contributed by atoms with E-state index in [1.165, 1.54) is 12.1 Å². The van der Waals surface area contributed by atoms with Crippen molar-refractivity contribution in [1.82, 2.24) is 5.32 Å². The number of rotatable bonds is 8. The van der Waals surface area contributed by atoms with Crippen molar-refractivity contribution in [2.24, 2.45) is 0 Å². The van der Waals surface area contributed by atoms with Gasteiger partial charge in [-0.3, -0.25) is 9.10 Å². The van der Waals surface area contributed by atoms with Gasteiger partial charge >= 0.3 is 0 Å². The van der Waals surface area contributed by atoms with Crippen molar-refractivity contribution in [3.8, 4) is 5.75 Å². The number of amides is 1. The van der Waals surface area contributed by atoms with Gasteiger partial charge < -0.3 is 10.1 Å². The molecule has 162 valence electrons. The van der Waals surface area contributed by atoms with Gasteiger partial charge in [0.1, 0.15) is 12.3 Å². The van der Waals surface area contributed by atoms with Gasteiger partial charge in [0.15, 0.2) is 0 Å². The van der Waals surface area contributed by atoms with E-state index in [1.807, 2.05) is 50.2 Å². The van der Waals surface area contributed by atoms with E-state index in [2.05, 4.69) is 5.32 Å². The molecular formula is C24H26N2O4S. The lowest BCUT2D eigenvalue weighted by molar-refractivity contribution is -0.120. The van der Waals surface area contributed by atoms with Gasteiger partial charge in [0.25, 0.3) is 10.0 Å². The van der Waals surface area contributed by atoms with Crippen molar-refractivity contribution in [1.29, 1.82) is 0 Å². The molecule has 31 heavy (non-hydrogen) atoms. The summed E-state index contributed by atoms with van der Waals surface area (Å²) in [6.45, 7) is 3.44. The van der Waals surface area contributed by atoms with Gasteiger partial charge in [-0.1, -0.05) is 48.0 Å². The van der Waals surface area contributed by atoms with Crippen LogP contribution in [-0.2, 0) is 14.8 Å². The molecule has 1 amide bonds. The maximum atomic E-state index is 13.3. The van der Waals surface area contributed by atoms with Crippen LogP contribution in [0.3, 0.4) is 0 Å². The van der Waals surface area contributed by atoms with Gasteiger partial charge in [0.05, 0.1) is 23.7 Å². The normalized spacial score (nSPS) is 12.1. The first kappa shape index (κ1) is 22.4. The zero-order valence-electron chi connectivity index (χ0n) is 17.8. The Labute approximate surface area is 183 Å². The van der Waals surface area contributed by atoms with Gasteiger partial charge in [-0.25, -0.2) is 8.42 Å². The van der Waals surface area contributed by atoms with E-state index in [9.17, 15) is 13.2 Å². The Morgan fingerprint density at radius 2 is 1.58 bits per heavy atom. The SMILES string of the molecule is COc1ccc([C@H](C)NC(=O)CN(c2ccc(C)cc2)S(=O)(=O)c2ccccc2)cc1. The molecule has 0 aliphatic rings. The number of aryl methyl sites for hydroxylation is 1. The van der Waals surface area contributed by atoms with Crippen LogP contribution in [0.4, 0.5) is 5.69 Å². The molecule has 0 saturated carbocycles. The molecule has 0 radical (unpaired) electrons. The smallest absolute Gasteiger partial charge is 0.264 e. The highest BCUT2D eigenvalue weighted by atomic mass is 32.2. The van der Waals surface area contributed by atoms with Crippen molar-refractivity contribution < 1.29 is 17.9 Å². The molecule has 0 aliphatic carbocycles. The van der Waals surface area contributed by atoms with Crippen LogP contribution in [0.1, 0.15) is 24.1 Å². The molecule has 0 heterocycles. The van der Waals surface area contributed by atoms with Crippen molar-refractivity contribution in [2.75, 3.05) is 18.0 Å². The van der Waals surface area contributed by atoms with Gasteiger partial charge in [0, 0.05) is 0 Å². The minimum absolute atomic E-state index is 0.131. The highest BCUT2D eigenvalue weighted by molar-refractivity contribution is 7.92. The lowest BCUT2D eigenvalue weighted by Gasteiger charge is -2.25. The predicted octanol–water partition coefficient (Wildman–Crippen LogP) is 4.08. The van der Waals surface area contributed by atoms with Gasteiger partial charge in [-0.15, -0.1) is 0 Å². The number of sulfonamides is 1. The fraction of sp³-hybridized carbons (Fsp3) is 0.208. The Morgan fingerprint density at radius 1 is 0.968 bits per heavy atom. The van der Waals surface area contributed by atoms with E-state index in [0.717, 1.165) is 21.2 Å². The molecule has 6 nitrogen and oxygen atoms in total. The summed E-state index contributed by atoms with van der Waals surface area (Å²) in [5, 5.41) is 2.88. The van der Waals surface area contributed by atoms with Crippen LogP contribution in [0.25, 0.3) is 0 Å². The molecule has 0 fully saturated rings. The number of hydrogen-bond donors (Lipinski definition) is 1. The second-order valence-corrected chi connectivity index (χ2v) is 9.08. The number of anilines is 1. The average molecular weight is 439 g/mol. The molecule has 3 rings (SSSR count). The van der Waals surface area contributed by atoms with E-state index in [-0.39, 0.29) is 17.5 Å². The monoisotopic (exact) mass is 438 g/mol. The first-order valence-electron chi connectivity index (χ1n) is 9.89. The fourth-order valence-electron chi connectivity index (χ4n) is 3.14. The summed E-state index contributed by atoms with van der Waals surface area (Å²) in [6.07, 6.45) is 0. The van der Waals surface area contributed by atoms with Crippen molar-refractivity contribution in [3.05, 3.63) is 90.0 Å². The molecule has 0 saturated heterocycles. The van der Waals surface area contributed by atoms with Crippen molar-refractivity contribution in [2.45, 2.75) is 24.8 Å². The van der Waals surface area contributed by atoms with Crippen LogP contribution < -0.4 is 14.4 Å². The molecular weight excluding hydrogens is 412 g/mol. The van der Waals surface area contributed by atoms with Crippen LogP contribution >= 0.6 is 0 Å². The summed E-state index contributed by atoms with van der Waals surface area (Å²) in [6, 6.07) is 22.2. The molecule has 0 bridgehead atoms. The lowest BCUT2D eigenvalue weighted by Crippen LogP contribution is -2.41. The van der Waals surface area contributed by atoms with Crippen molar-refractivity contribution >= 4 is 21.6 Å². The molecule has 0 aliphatic heterocycles. The van der Waals surface area contributed by atoms with Gasteiger partial charge in [-0.05, 0) is 55.8 Å². The standard InChI is InChI=1S/C24H26N2O4S/c1-18-9-13-21(14-10-18)26(31(28,29)23-7-5-4-6-8-23)17-24(27)25-19(2)20-11-15-22(30-3)16-12-20/h4-16,19H,17H2,1-3H3,(H,25,27)/t19-/m0/s1. The highest BCUT2D eigenvalue weighted by Crippen LogP contribution is 2.24. The summed E-state index contributed by atoms with van der Waals surface area (Å²) in [7, 11) is -2.33. The summed E-state index contributed by atoms with van der Waals surface area (Å²) < 4.78 is 32.9. The quantitative estimate of drug-likeness (QED) is 0.575. The van der Waals surface area contributed by atoms with E-state index >= 15 is 0 Å². The number of nitrogens with zero attached hydrogens (tertiary/aromatic N) is 1. The zero-order valence-corrected chi connectivity index (χ0v) is 18.6. The molecule has 7 heteroatoms. The minimum atomic E-state index is -3.92. The van der Waals surface area contributed by atoms with Crippen LogP contribution in [0.5, 0.6) is 5.75 Å². The molecule has 3 aromatic rings. The van der Waals surface area contributed by atoms with E-state index < -0.39 is 15.9 Å². The topological polar surface area (TPSA) is 75.7 Å². The van der Waals surface area contributed by atoms with Gasteiger partial charge in [0.2, 0.25) is 5.91 Å². The van der Waals surface area contributed by atoms with Crippen LogP contribution in [0.15, 0.2) is 83.8 Å². The summed E-state index contributed by atoms with van der Waals surface area (Å²) in [5.74, 6) is 0.324. The van der Waals surface area contributed by atoms with Crippen LogP contribution in [-0.4, -0.2) is 28.0 Å². The maximum absolute atomic E-state index is 13.3. The third kappa shape index (κ3) is 5.44. The van der Waals surface area contributed by atoms with Crippen LogP contribution in [0.2, 0.25) is 0 Å². The number of nitrogens with one attached hydrogen (secondary N) is 1. The second-order valence-electron chi connectivity index (χ2n) is 7.22. The Morgan fingerprint density at radius 3 is 2.16 bits per heavy atom. The second kappa shape index (κ2) is 9.66. The summed E-state index contributed by atoms with van der Waals surface area (Å²) in [5.41, 5.74) is 2.32. The number of methoxy groups -OCH3 is 1. The Bertz CT molecular complexity index is 1110. The third-order valence-corrected chi connectivity index (χ3v) is 6.72. The number of ether oxygens (including phenoxy) is 1. The first-order valence-corrected chi connectivity index (χ1v) is 11.3. The van der Waals surface area contributed by atoms with Crippen molar-refractivity contribution in [3.63, 3.8) is 0 Å². The minimum Gasteiger partial charge on any atom is -0.497 e. The molecule has 1 atom stereocenters. The lowest BCUT2D eigenvalue weighted by atomic mass is 10.1. The molecule has 1 N–H and O–H groups in total. The summed E-state index contributed by atoms with van der Waals surface area (Å²) in [4.78, 5) is 13.0. The van der Waals surface area contributed by atoms with Gasteiger partial charge in [-0.2, -0.15) is 0 Å². The van der Waals surface area contributed by atoms with E-state index in [4.69, 9.17) is 4.74 Å². The number of carbonyl (C=O) groups excluding carboxylic acids is 1. The molecule has 0 spiro atoms. The largest absolute Gasteiger partial charge is 0.497 e. The van der Waals surface area contributed by atoms with E-state index in [0.29, 0.717) is 5.69 Å². The number of hydrogen-bond acceptors (Lipinski definition) is 4. The average Bonchev–Trinajstić information content (AvgIpc) is 2.78. The molecule has 0 unspecified atom stereocenters. The van der Waals surface area contributed by atoms with Crippen LogP contribution in [0, 0.1) is 6.92 Å². The Kier molecular flexibility index (Phi) is 6.97. The summed E-state index contributed by atoms with van der Waals surface area (Å²) >= 11 is 0. The highest BCUT2D eigenvalue weighted by Gasteiger charge is 2.27. The predicted molar refractivity (Wildman–Crippen MR) is 122 cm³/mol. The third-order valence-electron chi connectivity index (χ3n) is 4.93. The first-order chi connectivity index (χ1) is 14.8. The molecule has 3 aromatic carbocycles. The molecule has 0 aromatic heterocycles. The Balaban J connectivity index is 1.84. The maximum Gasteiger partial charge on any atom is 0.264 e. The van der Waals surface area contributed by atoms with E-state index in [1.54, 1.807) is 37.4 Å². The Hall–Kier alpha value is -3.32.